The van der Waals surface area contributed by atoms with E-state index in [4.69, 9.17) is 33.2 Å². The maximum Gasteiger partial charge on any atom is 0.187 e. The first kappa shape index (κ1) is 48.4. The van der Waals surface area contributed by atoms with Crippen molar-refractivity contribution in [2.45, 2.75) is 189 Å². The third kappa shape index (κ3) is 8.61. The van der Waals surface area contributed by atoms with Crippen molar-refractivity contribution in [3.63, 3.8) is 0 Å². The molecule has 362 valence electrons. The quantitative estimate of drug-likeness (QED) is 0.0727. The van der Waals surface area contributed by atoms with Gasteiger partial charge in [0, 0.05) is 12.3 Å². The van der Waals surface area contributed by atoms with Crippen molar-refractivity contribution in [2.75, 3.05) is 26.4 Å². The summed E-state index contributed by atoms with van der Waals surface area (Å²) in [6.45, 7) is 9.52. The number of hydrogen-bond donors (Lipinski definition) is 12. The molecule has 8 fully saturated rings. The molecule has 0 aromatic rings. The Balaban J connectivity index is 0.849. The monoisotopic (exact) mass is 904 g/mol. The standard InChI is InChI=1S/C44H72O19/c1-18(15-57-40-37(54)34(51)32(49)28(14-45)61-40)7-10-44(56)19(2)30-27(63-44)12-23-21-6-5-20-11-26(24(46)13-43(20,4)22(21)8-9-42(23,30)3)60-41-38(55)35(52)33(50)29(62-41)17-59-39-36(53)31(48)25(47)16-58-39/h19-41,45-56H,1,5-17H2,2-4H3/t19-,20-,21+,22-,23-,24+,25+,26+,27-,28+,29+,30-,31-,32+,33+,34-,35-,36+,37+,38+,39-,40+,41+,42-,43-,44+/m0/s1. The molecule has 63 heavy (non-hydrogen) atoms. The van der Waals surface area contributed by atoms with Gasteiger partial charge < -0.3 is 94.4 Å². The highest BCUT2D eigenvalue weighted by Gasteiger charge is 2.69. The van der Waals surface area contributed by atoms with Gasteiger partial charge in [0.1, 0.15) is 67.1 Å². The Morgan fingerprint density at radius 1 is 0.714 bits per heavy atom. The van der Waals surface area contributed by atoms with E-state index in [1.807, 2.05) is 0 Å². The summed E-state index contributed by atoms with van der Waals surface area (Å²) >= 11 is 0. The molecule has 0 amide bonds. The zero-order chi connectivity index (χ0) is 45.5. The van der Waals surface area contributed by atoms with E-state index < -0.39 is 117 Å². The second kappa shape index (κ2) is 18.5. The summed E-state index contributed by atoms with van der Waals surface area (Å²) in [5, 5.41) is 126. The molecule has 19 heteroatoms. The van der Waals surface area contributed by atoms with Crippen LogP contribution >= 0.6 is 0 Å². The predicted octanol–water partition coefficient (Wildman–Crippen LogP) is -2.25. The van der Waals surface area contributed by atoms with Crippen LogP contribution in [0.4, 0.5) is 0 Å². The molecule has 4 aliphatic heterocycles. The van der Waals surface area contributed by atoms with Crippen LogP contribution in [0.3, 0.4) is 0 Å². The molecule has 0 aromatic carbocycles. The van der Waals surface area contributed by atoms with Gasteiger partial charge in [0.25, 0.3) is 0 Å². The minimum Gasteiger partial charge on any atom is -0.394 e. The second-order valence-electron chi connectivity index (χ2n) is 20.8. The first-order valence-corrected chi connectivity index (χ1v) is 23.0. The number of hydrogen-bond acceptors (Lipinski definition) is 19. The van der Waals surface area contributed by atoms with Crippen LogP contribution in [-0.2, 0) is 33.2 Å². The molecule has 8 rings (SSSR count). The van der Waals surface area contributed by atoms with Crippen LogP contribution in [0, 0.1) is 46.3 Å². The Labute approximate surface area is 367 Å². The van der Waals surface area contributed by atoms with Crippen LogP contribution in [0.5, 0.6) is 0 Å². The molecule has 19 nitrogen and oxygen atoms in total. The molecular weight excluding hydrogens is 832 g/mol. The third-order valence-corrected chi connectivity index (χ3v) is 17.3. The maximum atomic E-state index is 12.0. The van der Waals surface area contributed by atoms with E-state index in [2.05, 4.69) is 27.4 Å². The Morgan fingerprint density at radius 2 is 1.38 bits per heavy atom. The number of aliphatic hydroxyl groups excluding tert-OH is 11. The minimum absolute atomic E-state index is 0.0345. The van der Waals surface area contributed by atoms with E-state index in [1.54, 1.807) is 0 Å². The lowest BCUT2D eigenvalue weighted by atomic mass is 9.44. The summed E-state index contributed by atoms with van der Waals surface area (Å²) in [7, 11) is 0. The van der Waals surface area contributed by atoms with Crippen LogP contribution in [-0.4, -0.2) is 198 Å². The van der Waals surface area contributed by atoms with Gasteiger partial charge in [-0.3, -0.25) is 0 Å². The summed E-state index contributed by atoms with van der Waals surface area (Å²) in [6.07, 6.45) is -15.6. The van der Waals surface area contributed by atoms with Crippen LogP contribution in [0.25, 0.3) is 0 Å². The van der Waals surface area contributed by atoms with Crippen LogP contribution < -0.4 is 0 Å². The highest BCUT2D eigenvalue weighted by atomic mass is 16.7. The lowest BCUT2D eigenvalue weighted by Crippen LogP contribution is -2.62. The fourth-order valence-corrected chi connectivity index (χ4v) is 13.7. The van der Waals surface area contributed by atoms with Gasteiger partial charge in [-0.15, -0.1) is 0 Å². The van der Waals surface area contributed by atoms with Crippen molar-refractivity contribution < 1.29 is 94.4 Å². The number of rotatable bonds is 12. The molecule has 0 aromatic heterocycles. The Morgan fingerprint density at radius 3 is 2.10 bits per heavy atom. The zero-order valence-electron chi connectivity index (χ0n) is 36.4. The fourth-order valence-electron chi connectivity index (χ4n) is 13.7. The summed E-state index contributed by atoms with van der Waals surface area (Å²) < 4.78 is 40.7. The van der Waals surface area contributed by atoms with Gasteiger partial charge in [0.15, 0.2) is 24.7 Å². The molecule has 4 saturated carbocycles. The minimum atomic E-state index is -1.67. The molecule has 0 spiro atoms. The summed E-state index contributed by atoms with van der Waals surface area (Å²) in [4.78, 5) is 0. The molecule has 26 atom stereocenters. The van der Waals surface area contributed by atoms with E-state index in [1.165, 1.54) is 0 Å². The smallest absolute Gasteiger partial charge is 0.187 e. The Bertz CT molecular complexity index is 1590. The molecule has 12 N–H and O–H groups in total. The van der Waals surface area contributed by atoms with Crippen molar-refractivity contribution in [1.29, 1.82) is 0 Å². The lowest BCUT2D eigenvalue weighted by Gasteiger charge is -2.62. The average molecular weight is 905 g/mol. The normalized spacial score (nSPS) is 55.7. The molecule has 4 saturated heterocycles. The van der Waals surface area contributed by atoms with Gasteiger partial charge >= 0.3 is 0 Å². The number of fused-ring (bicyclic) bond motifs is 7. The molecule has 0 bridgehead atoms. The Hall–Kier alpha value is -1.02. The van der Waals surface area contributed by atoms with Crippen molar-refractivity contribution in [3.05, 3.63) is 12.2 Å². The van der Waals surface area contributed by atoms with Crippen LogP contribution in [0.15, 0.2) is 12.2 Å². The largest absolute Gasteiger partial charge is 0.394 e. The van der Waals surface area contributed by atoms with Gasteiger partial charge in [-0.05, 0) is 91.8 Å². The fraction of sp³-hybridized carbons (Fsp3) is 0.955. The maximum absolute atomic E-state index is 12.0. The molecule has 0 radical (unpaired) electrons. The molecule has 8 aliphatic rings. The van der Waals surface area contributed by atoms with Gasteiger partial charge in [-0.1, -0.05) is 32.9 Å². The number of aliphatic hydroxyl groups is 12. The molecule has 0 unspecified atom stereocenters. The summed E-state index contributed by atoms with van der Waals surface area (Å²) in [5.41, 5.74) is 0.363. The lowest BCUT2D eigenvalue weighted by molar-refractivity contribution is -0.336. The van der Waals surface area contributed by atoms with Gasteiger partial charge in [0.05, 0.1) is 44.7 Å². The number of ether oxygens (including phenoxy) is 7. The SMILES string of the molecule is C=C(CC[C@@]1(O)O[C@H]2C[C@H]3[C@@H]4CC[C@H]5C[C@@H](O[C@@H]6O[C@H](CO[C@@H]7OC[C@@H](O)[C@H](O)[C@H]7O)[C@@H](O)[C@H](O)[C@H]6O)[C@H](O)C[C@]5(C)[C@H]4CC[C@]3(C)[C@H]2[C@@H]1C)CO[C@@H]1O[C@H](CO)[C@@H](O)[C@H](O)[C@H]1O. The highest BCUT2D eigenvalue weighted by Crippen LogP contribution is 2.71. The van der Waals surface area contributed by atoms with E-state index >= 15 is 0 Å². The predicted molar refractivity (Wildman–Crippen MR) is 214 cm³/mol. The average Bonchev–Trinajstić information content (AvgIpc) is 3.69. The van der Waals surface area contributed by atoms with Crippen molar-refractivity contribution in [2.24, 2.45) is 46.3 Å². The van der Waals surface area contributed by atoms with Crippen molar-refractivity contribution in [1.82, 2.24) is 0 Å². The topological polar surface area (TPSA) is 307 Å². The third-order valence-electron chi connectivity index (χ3n) is 17.3. The zero-order valence-corrected chi connectivity index (χ0v) is 36.4. The molecular formula is C44H72O19. The molecule has 4 aliphatic carbocycles. The first-order valence-electron chi connectivity index (χ1n) is 23.0. The van der Waals surface area contributed by atoms with Crippen LogP contribution in [0.1, 0.15) is 78.6 Å². The van der Waals surface area contributed by atoms with Gasteiger partial charge in [-0.25, -0.2) is 0 Å². The van der Waals surface area contributed by atoms with E-state index in [0.717, 1.165) is 32.1 Å². The highest BCUT2D eigenvalue weighted by molar-refractivity contribution is 5.16. The van der Waals surface area contributed by atoms with E-state index in [0.29, 0.717) is 49.0 Å². The summed E-state index contributed by atoms with van der Waals surface area (Å²) in [6, 6.07) is 0. The van der Waals surface area contributed by atoms with Crippen molar-refractivity contribution >= 4 is 0 Å². The first-order chi connectivity index (χ1) is 29.7. The van der Waals surface area contributed by atoms with E-state index in [9.17, 15) is 61.3 Å². The Kier molecular flexibility index (Phi) is 14.2. The summed E-state index contributed by atoms with van der Waals surface area (Å²) in [5.74, 6) is -0.0792. The van der Waals surface area contributed by atoms with Gasteiger partial charge in [0.2, 0.25) is 0 Å². The second-order valence-corrected chi connectivity index (χ2v) is 20.8. The van der Waals surface area contributed by atoms with Crippen molar-refractivity contribution in [3.8, 4) is 0 Å². The van der Waals surface area contributed by atoms with E-state index in [-0.39, 0.29) is 47.9 Å². The molecule has 4 heterocycles. The van der Waals surface area contributed by atoms with Crippen LogP contribution in [0.2, 0.25) is 0 Å². The van der Waals surface area contributed by atoms with Gasteiger partial charge in [-0.2, -0.15) is 0 Å².